The number of aliphatic carboxylic acids is 1. The predicted molar refractivity (Wildman–Crippen MR) is 82.8 cm³/mol. The van der Waals surface area contributed by atoms with Crippen LogP contribution in [0.4, 0.5) is 18.9 Å². The van der Waals surface area contributed by atoms with Gasteiger partial charge in [-0.1, -0.05) is 11.6 Å². The zero-order valence-corrected chi connectivity index (χ0v) is 13.4. The Balaban J connectivity index is 2.30. The monoisotopic (exact) mass is 391 g/mol. The van der Waals surface area contributed by atoms with Crippen LogP contribution in [0, 0.1) is 10.1 Å². The summed E-state index contributed by atoms with van der Waals surface area (Å²) in [4.78, 5) is 20.7. The zero-order chi connectivity index (χ0) is 19.5. The van der Waals surface area contributed by atoms with Crippen molar-refractivity contribution < 1.29 is 37.5 Å². The molecule has 2 rings (SSSR count). The molecule has 0 aliphatic heterocycles. The Kier molecular flexibility index (Phi) is 5.56. The van der Waals surface area contributed by atoms with E-state index in [9.17, 15) is 28.1 Å². The summed E-state index contributed by atoms with van der Waals surface area (Å²) in [6, 6.07) is 5.63. The van der Waals surface area contributed by atoms with Gasteiger partial charge < -0.3 is 14.6 Å². The van der Waals surface area contributed by atoms with E-state index in [0.29, 0.717) is 6.07 Å². The van der Waals surface area contributed by atoms with Crippen molar-refractivity contribution in [3.8, 4) is 17.2 Å². The second kappa shape index (κ2) is 7.48. The van der Waals surface area contributed by atoms with E-state index in [4.69, 9.17) is 26.2 Å². The maximum Gasteiger partial charge on any atom is 0.416 e. The van der Waals surface area contributed by atoms with Crippen LogP contribution in [0.3, 0.4) is 0 Å². The average Bonchev–Trinajstić information content (AvgIpc) is 2.53. The number of hydrogen-bond acceptors (Lipinski definition) is 5. The smallest absolute Gasteiger partial charge is 0.416 e. The van der Waals surface area contributed by atoms with Crippen molar-refractivity contribution in [1.29, 1.82) is 0 Å². The van der Waals surface area contributed by atoms with Gasteiger partial charge in [0.05, 0.1) is 15.5 Å². The fourth-order valence-corrected chi connectivity index (χ4v) is 2.07. The summed E-state index contributed by atoms with van der Waals surface area (Å²) < 4.78 is 48.0. The number of carboxylic acid groups (broad SMARTS) is 1. The highest BCUT2D eigenvalue weighted by molar-refractivity contribution is 6.32. The molecule has 0 unspecified atom stereocenters. The molecule has 0 saturated heterocycles. The number of nitro groups is 1. The molecule has 0 bridgehead atoms. The van der Waals surface area contributed by atoms with Gasteiger partial charge >= 0.3 is 17.8 Å². The Bertz CT molecular complexity index is 856. The number of rotatable bonds is 6. The van der Waals surface area contributed by atoms with Gasteiger partial charge in [0.15, 0.2) is 6.61 Å². The topological polar surface area (TPSA) is 98.9 Å². The van der Waals surface area contributed by atoms with E-state index in [1.165, 1.54) is 6.07 Å². The minimum Gasteiger partial charge on any atom is -0.479 e. The largest absolute Gasteiger partial charge is 0.479 e. The van der Waals surface area contributed by atoms with E-state index in [1.54, 1.807) is 0 Å². The molecule has 0 heterocycles. The summed E-state index contributed by atoms with van der Waals surface area (Å²) in [7, 11) is 0. The molecule has 0 atom stereocenters. The standard InChI is InChI=1S/C15H9ClF3NO6/c16-10-5-8(15(17,18)19)1-4-12(10)26-9-2-3-11(20(23)24)13(6-9)25-7-14(21)22/h1-6H,7H2,(H,21,22). The van der Waals surface area contributed by atoms with Crippen LogP contribution < -0.4 is 9.47 Å². The molecule has 11 heteroatoms. The van der Waals surface area contributed by atoms with Crippen molar-refractivity contribution in [2.24, 2.45) is 0 Å². The molecule has 0 radical (unpaired) electrons. The third-order valence-corrected chi connectivity index (χ3v) is 3.26. The van der Waals surface area contributed by atoms with Gasteiger partial charge in [-0.2, -0.15) is 13.2 Å². The van der Waals surface area contributed by atoms with Gasteiger partial charge in [-0.05, 0) is 24.3 Å². The van der Waals surface area contributed by atoms with Crippen LogP contribution in [0.2, 0.25) is 5.02 Å². The van der Waals surface area contributed by atoms with Gasteiger partial charge in [0.1, 0.15) is 11.5 Å². The lowest BCUT2D eigenvalue weighted by molar-refractivity contribution is -0.385. The second-order valence-corrected chi connectivity index (χ2v) is 5.22. The molecule has 7 nitrogen and oxygen atoms in total. The lowest BCUT2D eigenvalue weighted by Gasteiger charge is -2.12. The summed E-state index contributed by atoms with van der Waals surface area (Å²) in [5, 5.41) is 19.2. The number of benzene rings is 2. The molecular formula is C15H9ClF3NO6. The highest BCUT2D eigenvalue weighted by Gasteiger charge is 2.31. The van der Waals surface area contributed by atoms with Crippen LogP contribution in [0.15, 0.2) is 36.4 Å². The van der Waals surface area contributed by atoms with Gasteiger partial charge in [-0.15, -0.1) is 0 Å². The lowest BCUT2D eigenvalue weighted by Crippen LogP contribution is -2.10. The van der Waals surface area contributed by atoms with Crippen molar-refractivity contribution in [1.82, 2.24) is 0 Å². The Labute approximate surface area is 148 Å². The Morgan fingerprint density at radius 1 is 1.19 bits per heavy atom. The molecular weight excluding hydrogens is 383 g/mol. The van der Waals surface area contributed by atoms with Crippen molar-refractivity contribution >= 4 is 23.3 Å². The SMILES string of the molecule is O=C(O)COc1cc(Oc2ccc(C(F)(F)F)cc2Cl)ccc1[N+](=O)[O-]. The molecule has 0 saturated carbocycles. The van der Waals surface area contributed by atoms with Crippen LogP contribution in [0.1, 0.15) is 5.56 Å². The highest BCUT2D eigenvalue weighted by atomic mass is 35.5. The molecule has 0 aliphatic rings. The average molecular weight is 392 g/mol. The molecule has 0 spiro atoms. The number of hydrogen-bond donors (Lipinski definition) is 1. The molecule has 2 aromatic carbocycles. The predicted octanol–water partition coefficient (Wildman–Crippen LogP) is 4.52. The van der Waals surface area contributed by atoms with Gasteiger partial charge in [0, 0.05) is 12.1 Å². The first-order chi connectivity index (χ1) is 12.1. The third kappa shape index (κ3) is 4.76. The molecule has 26 heavy (non-hydrogen) atoms. The number of nitro benzene ring substituents is 1. The first-order valence-corrected chi connectivity index (χ1v) is 7.13. The summed E-state index contributed by atoms with van der Waals surface area (Å²) in [6.07, 6.45) is -4.58. The zero-order valence-electron chi connectivity index (χ0n) is 12.6. The molecule has 1 N–H and O–H groups in total. The van der Waals surface area contributed by atoms with E-state index in [0.717, 1.165) is 24.3 Å². The van der Waals surface area contributed by atoms with E-state index < -0.39 is 34.9 Å². The maximum atomic E-state index is 12.6. The van der Waals surface area contributed by atoms with Crippen molar-refractivity contribution in [3.05, 3.63) is 57.1 Å². The quantitative estimate of drug-likeness (QED) is 0.574. The van der Waals surface area contributed by atoms with Gasteiger partial charge in [0.2, 0.25) is 5.75 Å². The molecule has 0 aliphatic carbocycles. The number of carbonyl (C=O) groups is 1. The third-order valence-electron chi connectivity index (χ3n) is 2.97. The van der Waals surface area contributed by atoms with Crippen molar-refractivity contribution in [2.75, 3.05) is 6.61 Å². The summed E-state index contributed by atoms with van der Waals surface area (Å²) in [5.41, 5.74) is -1.47. The molecule has 0 aromatic heterocycles. The normalized spacial score (nSPS) is 11.1. The molecule has 2 aromatic rings. The fourth-order valence-electron chi connectivity index (χ4n) is 1.85. The minimum atomic E-state index is -4.58. The summed E-state index contributed by atoms with van der Waals surface area (Å²) in [6.45, 7) is -0.828. The van der Waals surface area contributed by atoms with Crippen LogP contribution in [-0.2, 0) is 11.0 Å². The molecule has 0 fully saturated rings. The maximum absolute atomic E-state index is 12.6. The van der Waals surface area contributed by atoms with Gasteiger partial charge in [-0.3, -0.25) is 10.1 Å². The van der Waals surface area contributed by atoms with Crippen molar-refractivity contribution in [3.63, 3.8) is 0 Å². The number of alkyl halides is 3. The van der Waals surface area contributed by atoms with Gasteiger partial charge in [-0.25, -0.2) is 4.79 Å². The summed E-state index contributed by atoms with van der Waals surface area (Å²) in [5.74, 6) is -1.90. The second-order valence-electron chi connectivity index (χ2n) is 4.81. The van der Waals surface area contributed by atoms with E-state index >= 15 is 0 Å². The number of halogens is 4. The lowest BCUT2D eigenvalue weighted by atomic mass is 10.2. The van der Waals surface area contributed by atoms with Crippen LogP contribution in [0.5, 0.6) is 17.2 Å². The van der Waals surface area contributed by atoms with Crippen LogP contribution >= 0.6 is 11.6 Å². The Morgan fingerprint density at radius 2 is 1.88 bits per heavy atom. The summed E-state index contributed by atoms with van der Waals surface area (Å²) >= 11 is 5.77. The first kappa shape index (κ1) is 19.3. The Morgan fingerprint density at radius 3 is 2.42 bits per heavy atom. The minimum absolute atomic E-state index is 0.0438. The van der Waals surface area contributed by atoms with Crippen molar-refractivity contribution in [2.45, 2.75) is 6.18 Å². The first-order valence-electron chi connectivity index (χ1n) is 6.75. The van der Waals surface area contributed by atoms with E-state index in [1.807, 2.05) is 0 Å². The Hall–Kier alpha value is -3.01. The number of nitrogens with zero attached hydrogens (tertiary/aromatic N) is 1. The van der Waals surface area contributed by atoms with E-state index in [-0.39, 0.29) is 22.3 Å². The van der Waals surface area contributed by atoms with Gasteiger partial charge in [0.25, 0.3) is 0 Å². The van der Waals surface area contributed by atoms with E-state index in [2.05, 4.69) is 0 Å². The number of ether oxygens (including phenoxy) is 2. The molecule has 138 valence electrons. The molecule has 0 amide bonds. The van der Waals surface area contributed by atoms with Crippen LogP contribution in [-0.4, -0.2) is 22.6 Å². The van der Waals surface area contributed by atoms with Crippen LogP contribution in [0.25, 0.3) is 0 Å². The fraction of sp³-hybridized carbons (Fsp3) is 0.133. The highest BCUT2D eigenvalue weighted by Crippen LogP contribution is 2.38. The number of carboxylic acids is 1.